The highest BCUT2D eigenvalue weighted by Gasteiger charge is 2.26. The third-order valence-electron chi connectivity index (χ3n) is 3.63. The van der Waals surface area contributed by atoms with Gasteiger partial charge in [0.25, 0.3) is 0 Å². The number of carbonyl (C=O) groups excluding carboxylic acids is 1. The molecule has 2 aromatic heterocycles. The number of carbonyl (C=O) groups is 1. The molecular weight excluding hydrogens is 328 g/mol. The average molecular weight is 350 g/mol. The van der Waals surface area contributed by atoms with E-state index in [1.165, 1.54) is 0 Å². The summed E-state index contributed by atoms with van der Waals surface area (Å²) < 4.78 is 5.57. The molecule has 0 spiro atoms. The summed E-state index contributed by atoms with van der Waals surface area (Å²) in [5.41, 5.74) is 1.71. The van der Waals surface area contributed by atoms with Gasteiger partial charge in [-0.3, -0.25) is 4.98 Å². The quantitative estimate of drug-likeness (QED) is 0.711. The van der Waals surface area contributed by atoms with Crippen LogP contribution in [-0.4, -0.2) is 32.6 Å². The van der Waals surface area contributed by atoms with Gasteiger partial charge in [-0.2, -0.15) is 0 Å². The van der Waals surface area contributed by atoms with E-state index in [-0.39, 0.29) is 5.97 Å². The van der Waals surface area contributed by atoms with Crippen molar-refractivity contribution in [3.8, 4) is 0 Å². The maximum absolute atomic E-state index is 12.7. The van der Waals surface area contributed by atoms with Crippen LogP contribution in [0.4, 0.5) is 5.82 Å². The Kier molecular flexibility index (Phi) is 5.11. The molecule has 0 aliphatic rings. The Labute approximate surface area is 152 Å². The van der Waals surface area contributed by atoms with Crippen molar-refractivity contribution in [3.05, 3.63) is 60.4 Å². The standard InChI is InChI=1S/C20H22N4O2/c1-20(2,3)26-19(25)16(13-14-7-5-4-6-8-14)23-17-10-9-15-18(24-17)22-12-11-21-15/h4-12,16H,13H2,1-3H3,(H,22,23,24). The van der Waals surface area contributed by atoms with Crippen molar-refractivity contribution in [3.63, 3.8) is 0 Å². The molecule has 0 amide bonds. The normalized spacial score (nSPS) is 12.6. The zero-order chi connectivity index (χ0) is 18.6. The van der Waals surface area contributed by atoms with Gasteiger partial charge in [0.15, 0.2) is 5.65 Å². The molecule has 1 aromatic carbocycles. The van der Waals surface area contributed by atoms with Gasteiger partial charge in [0.05, 0.1) is 0 Å². The Morgan fingerprint density at radius 3 is 2.54 bits per heavy atom. The molecule has 3 aromatic rings. The highest BCUT2D eigenvalue weighted by atomic mass is 16.6. The van der Waals surface area contributed by atoms with Crippen molar-refractivity contribution in [2.75, 3.05) is 5.32 Å². The van der Waals surface area contributed by atoms with E-state index in [2.05, 4.69) is 20.3 Å². The number of anilines is 1. The number of hydrogen-bond acceptors (Lipinski definition) is 6. The van der Waals surface area contributed by atoms with Gasteiger partial charge < -0.3 is 10.1 Å². The number of benzene rings is 1. The van der Waals surface area contributed by atoms with Gasteiger partial charge in [-0.15, -0.1) is 0 Å². The van der Waals surface area contributed by atoms with Crippen LogP contribution in [0.15, 0.2) is 54.9 Å². The lowest BCUT2D eigenvalue weighted by Crippen LogP contribution is -2.38. The molecule has 1 atom stereocenters. The van der Waals surface area contributed by atoms with Crippen molar-refractivity contribution in [1.29, 1.82) is 0 Å². The van der Waals surface area contributed by atoms with Crippen molar-refractivity contribution < 1.29 is 9.53 Å². The van der Waals surface area contributed by atoms with Crippen LogP contribution < -0.4 is 5.32 Å². The maximum Gasteiger partial charge on any atom is 0.329 e. The Balaban J connectivity index is 1.84. The van der Waals surface area contributed by atoms with E-state index < -0.39 is 11.6 Å². The number of nitrogens with one attached hydrogen (secondary N) is 1. The lowest BCUT2D eigenvalue weighted by atomic mass is 10.1. The summed E-state index contributed by atoms with van der Waals surface area (Å²) in [6.45, 7) is 5.57. The highest BCUT2D eigenvalue weighted by molar-refractivity contribution is 5.80. The molecule has 0 aliphatic carbocycles. The van der Waals surface area contributed by atoms with Gasteiger partial charge in [0, 0.05) is 18.8 Å². The summed E-state index contributed by atoms with van der Waals surface area (Å²) in [6, 6.07) is 12.9. The van der Waals surface area contributed by atoms with Crippen LogP contribution >= 0.6 is 0 Å². The molecule has 134 valence electrons. The Bertz CT molecular complexity index is 891. The summed E-state index contributed by atoms with van der Waals surface area (Å²) in [6.07, 6.45) is 3.71. The van der Waals surface area contributed by atoms with E-state index in [1.807, 2.05) is 57.2 Å². The Morgan fingerprint density at radius 2 is 1.81 bits per heavy atom. The topological polar surface area (TPSA) is 77.0 Å². The number of esters is 1. The molecule has 0 fully saturated rings. The van der Waals surface area contributed by atoms with Crippen molar-refractivity contribution in [2.24, 2.45) is 0 Å². The van der Waals surface area contributed by atoms with Gasteiger partial charge in [-0.25, -0.2) is 14.8 Å². The van der Waals surface area contributed by atoms with Crippen molar-refractivity contribution >= 4 is 23.0 Å². The third kappa shape index (κ3) is 4.75. The van der Waals surface area contributed by atoms with E-state index in [0.29, 0.717) is 23.4 Å². The summed E-state index contributed by atoms with van der Waals surface area (Å²) in [5.74, 6) is 0.243. The van der Waals surface area contributed by atoms with E-state index in [1.54, 1.807) is 18.5 Å². The fourth-order valence-corrected chi connectivity index (χ4v) is 2.53. The SMILES string of the molecule is CC(C)(C)OC(=O)C(Cc1ccccc1)Nc1ccc2nccnc2n1. The second-order valence-electron chi connectivity index (χ2n) is 7.02. The van der Waals surface area contributed by atoms with Gasteiger partial charge >= 0.3 is 5.97 Å². The van der Waals surface area contributed by atoms with E-state index in [9.17, 15) is 4.79 Å². The lowest BCUT2D eigenvalue weighted by molar-refractivity contribution is -0.155. The van der Waals surface area contributed by atoms with Crippen LogP contribution in [0.1, 0.15) is 26.3 Å². The van der Waals surface area contributed by atoms with Crippen LogP contribution in [0.25, 0.3) is 11.2 Å². The smallest absolute Gasteiger partial charge is 0.329 e. The van der Waals surface area contributed by atoms with Crippen molar-refractivity contribution in [1.82, 2.24) is 15.0 Å². The summed E-state index contributed by atoms with van der Waals surface area (Å²) in [5, 5.41) is 3.19. The Hall–Kier alpha value is -3.02. The molecule has 0 saturated carbocycles. The lowest BCUT2D eigenvalue weighted by Gasteiger charge is -2.25. The zero-order valence-corrected chi connectivity index (χ0v) is 15.1. The van der Waals surface area contributed by atoms with Crippen LogP contribution in [0.3, 0.4) is 0 Å². The second-order valence-corrected chi connectivity index (χ2v) is 7.02. The minimum Gasteiger partial charge on any atom is -0.458 e. The zero-order valence-electron chi connectivity index (χ0n) is 15.1. The average Bonchev–Trinajstić information content (AvgIpc) is 2.60. The molecule has 0 bridgehead atoms. The predicted octanol–water partition coefficient (Wildman–Crippen LogP) is 3.39. The first-order chi connectivity index (χ1) is 12.4. The molecule has 1 N–H and O–H groups in total. The monoisotopic (exact) mass is 350 g/mol. The molecular formula is C20H22N4O2. The summed E-state index contributed by atoms with van der Waals surface area (Å²) in [7, 11) is 0. The predicted molar refractivity (Wildman–Crippen MR) is 101 cm³/mol. The van der Waals surface area contributed by atoms with Crippen LogP contribution in [0.5, 0.6) is 0 Å². The van der Waals surface area contributed by atoms with Gasteiger partial charge in [-0.05, 0) is 38.5 Å². The fourth-order valence-electron chi connectivity index (χ4n) is 2.53. The van der Waals surface area contributed by atoms with Crippen molar-refractivity contribution in [2.45, 2.75) is 38.8 Å². The molecule has 26 heavy (non-hydrogen) atoms. The van der Waals surface area contributed by atoms with Crippen LogP contribution in [0, 0.1) is 0 Å². The fraction of sp³-hybridized carbons (Fsp3) is 0.300. The summed E-state index contributed by atoms with van der Waals surface area (Å²) >= 11 is 0. The van der Waals surface area contributed by atoms with E-state index >= 15 is 0 Å². The first-order valence-electron chi connectivity index (χ1n) is 8.52. The van der Waals surface area contributed by atoms with E-state index in [0.717, 1.165) is 5.56 Å². The first-order valence-corrected chi connectivity index (χ1v) is 8.52. The highest BCUT2D eigenvalue weighted by Crippen LogP contribution is 2.16. The van der Waals surface area contributed by atoms with Gasteiger partial charge in [-0.1, -0.05) is 30.3 Å². The molecule has 2 heterocycles. The molecule has 3 rings (SSSR count). The van der Waals surface area contributed by atoms with Crippen LogP contribution in [-0.2, 0) is 16.0 Å². The largest absolute Gasteiger partial charge is 0.458 e. The number of aromatic nitrogens is 3. The molecule has 6 nitrogen and oxygen atoms in total. The van der Waals surface area contributed by atoms with E-state index in [4.69, 9.17) is 4.74 Å². The summed E-state index contributed by atoms with van der Waals surface area (Å²) in [4.78, 5) is 25.5. The maximum atomic E-state index is 12.7. The van der Waals surface area contributed by atoms with Crippen LogP contribution in [0.2, 0.25) is 0 Å². The number of pyridine rings is 1. The number of ether oxygens (including phenoxy) is 1. The first kappa shape index (κ1) is 17.8. The molecule has 6 heteroatoms. The molecule has 0 aliphatic heterocycles. The van der Waals surface area contributed by atoms with Gasteiger partial charge in [0.2, 0.25) is 0 Å². The Morgan fingerprint density at radius 1 is 1.08 bits per heavy atom. The number of rotatable bonds is 5. The second kappa shape index (κ2) is 7.47. The molecule has 0 radical (unpaired) electrons. The minimum atomic E-state index is -0.560. The molecule has 0 saturated heterocycles. The number of fused-ring (bicyclic) bond motifs is 1. The minimum absolute atomic E-state index is 0.317. The number of hydrogen-bond donors (Lipinski definition) is 1. The van der Waals surface area contributed by atoms with Gasteiger partial charge in [0.1, 0.15) is 23.0 Å². The molecule has 1 unspecified atom stereocenters. The third-order valence-corrected chi connectivity index (χ3v) is 3.63. The number of nitrogens with zero attached hydrogens (tertiary/aromatic N) is 3.